The lowest BCUT2D eigenvalue weighted by Crippen LogP contribution is -2.23. The number of benzene rings is 2. The summed E-state index contributed by atoms with van der Waals surface area (Å²) in [5.41, 5.74) is 4.72. The quantitative estimate of drug-likeness (QED) is 0.493. The first kappa shape index (κ1) is 20.4. The third-order valence-electron chi connectivity index (χ3n) is 5.09. The largest absolute Gasteiger partial charge is 0.489 e. The van der Waals surface area contributed by atoms with E-state index in [0.29, 0.717) is 17.3 Å². The average molecular weight is 420 g/mol. The third kappa shape index (κ3) is 3.94. The van der Waals surface area contributed by atoms with Gasteiger partial charge in [-0.25, -0.2) is 19.2 Å². The molecule has 4 aromatic rings. The Balaban J connectivity index is 1.65. The van der Waals surface area contributed by atoms with E-state index in [2.05, 4.69) is 20.4 Å². The first-order chi connectivity index (χ1) is 14.8. The van der Waals surface area contributed by atoms with Crippen LogP contribution in [0.3, 0.4) is 0 Å². The third-order valence-corrected chi connectivity index (χ3v) is 5.09. The molecule has 0 bridgehead atoms. The van der Waals surface area contributed by atoms with Crippen molar-refractivity contribution in [1.82, 2.24) is 29.8 Å². The lowest BCUT2D eigenvalue weighted by atomic mass is 10.0. The van der Waals surface area contributed by atoms with Gasteiger partial charge in [-0.3, -0.25) is 0 Å². The summed E-state index contributed by atoms with van der Waals surface area (Å²) in [7, 11) is 1.55. The van der Waals surface area contributed by atoms with Crippen molar-refractivity contribution in [3.8, 4) is 22.8 Å². The van der Waals surface area contributed by atoms with Crippen molar-refractivity contribution < 1.29 is 9.13 Å². The molecule has 0 amide bonds. The Morgan fingerprint density at radius 3 is 2.42 bits per heavy atom. The van der Waals surface area contributed by atoms with Gasteiger partial charge in [0.15, 0.2) is 11.6 Å². The van der Waals surface area contributed by atoms with Crippen LogP contribution in [0.5, 0.6) is 5.75 Å². The molecule has 4 rings (SSSR count). The molecule has 0 atom stereocenters. The molecule has 0 fully saturated rings. The van der Waals surface area contributed by atoms with Gasteiger partial charge in [-0.05, 0) is 66.1 Å². The van der Waals surface area contributed by atoms with Crippen LogP contribution in [0.2, 0.25) is 0 Å². The number of aromatic nitrogens is 6. The van der Waals surface area contributed by atoms with E-state index in [1.165, 1.54) is 9.36 Å². The molecule has 8 nitrogen and oxygen atoms in total. The molecule has 9 heteroatoms. The highest BCUT2D eigenvalue weighted by Crippen LogP contribution is 2.29. The monoisotopic (exact) mass is 420 g/mol. The van der Waals surface area contributed by atoms with Gasteiger partial charge in [-0.15, -0.1) is 0 Å². The van der Waals surface area contributed by atoms with Crippen molar-refractivity contribution in [2.24, 2.45) is 7.05 Å². The number of aryl methyl sites for hydroxylation is 4. The van der Waals surface area contributed by atoms with Crippen LogP contribution in [0.1, 0.15) is 22.3 Å². The number of hydrogen-bond donors (Lipinski definition) is 0. The molecule has 2 aromatic heterocycles. The summed E-state index contributed by atoms with van der Waals surface area (Å²) >= 11 is 0. The smallest absolute Gasteiger partial charge is 0.368 e. The topological polar surface area (TPSA) is 87.7 Å². The number of halogens is 1. The molecule has 0 radical (unpaired) electrons. The molecule has 0 aliphatic rings. The minimum atomic E-state index is -0.477. The Kier molecular flexibility index (Phi) is 5.33. The Labute approximate surface area is 178 Å². The van der Waals surface area contributed by atoms with Crippen molar-refractivity contribution >= 4 is 0 Å². The van der Waals surface area contributed by atoms with Crippen molar-refractivity contribution in [2.75, 3.05) is 0 Å². The number of ether oxygens (including phenoxy) is 1. The van der Waals surface area contributed by atoms with Crippen LogP contribution in [0.15, 0.2) is 47.5 Å². The van der Waals surface area contributed by atoms with Gasteiger partial charge >= 0.3 is 5.69 Å². The zero-order valence-corrected chi connectivity index (χ0v) is 17.6. The lowest BCUT2D eigenvalue weighted by molar-refractivity contribution is 0.302. The van der Waals surface area contributed by atoms with Crippen molar-refractivity contribution in [3.63, 3.8) is 0 Å². The molecule has 0 saturated heterocycles. The first-order valence-electron chi connectivity index (χ1n) is 9.65. The fourth-order valence-corrected chi connectivity index (χ4v) is 3.33. The highest BCUT2D eigenvalue weighted by Gasteiger charge is 2.15. The van der Waals surface area contributed by atoms with Gasteiger partial charge in [0.2, 0.25) is 0 Å². The minimum Gasteiger partial charge on any atom is -0.489 e. The van der Waals surface area contributed by atoms with Crippen LogP contribution in [0, 0.1) is 26.6 Å². The van der Waals surface area contributed by atoms with E-state index in [1.54, 1.807) is 7.05 Å². The van der Waals surface area contributed by atoms with Gasteiger partial charge in [0, 0.05) is 18.2 Å². The highest BCUT2D eigenvalue weighted by atomic mass is 19.1. The van der Waals surface area contributed by atoms with Crippen LogP contribution >= 0.6 is 0 Å². The molecule has 0 spiro atoms. The van der Waals surface area contributed by atoms with E-state index in [0.717, 1.165) is 40.2 Å². The van der Waals surface area contributed by atoms with Gasteiger partial charge in [0.25, 0.3) is 0 Å². The molecular formula is C22H21FN6O2. The van der Waals surface area contributed by atoms with Gasteiger partial charge in [0.1, 0.15) is 12.4 Å². The first-order valence-corrected chi connectivity index (χ1v) is 9.65. The molecule has 2 heterocycles. The highest BCUT2D eigenvalue weighted by molar-refractivity contribution is 5.63. The van der Waals surface area contributed by atoms with Crippen molar-refractivity contribution in [1.29, 1.82) is 0 Å². The maximum atomic E-state index is 13.1. The SMILES string of the molecule is Cc1cc(-c2ncc(F)cn2)c(C)cc1OCc1c(C)cccc1-n1nnn(C)c1=O. The number of hydrogen-bond acceptors (Lipinski definition) is 6. The summed E-state index contributed by atoms with van der Waals surface area (Å²) in [5, 5.41) is 7.74. The zero-order valence-electron chi connectivity index (χ0n) is 17.6. The number of nitrogens with zero attached hydrogens (tertiary/aromatic N) is 6. The van der Waals surface area contributed by atoms with Crippen LogP contribution in [-0.2, 0) is 13.7 Å². The van der Waals surface area contributed by atoms with Gasteiger partial charge in [-0.2, -0.15) is 9.36 Å². The Hall–Kier alpha value is -3.88. The normalized spacial score (nSPS) is 11.0. The second kappa shape index (κ2) is 8.10. The second-order valence-corrected chi connectivity index (χ2v) is 7.32. The van der Waals surface area contributed by atoms with Crippen LogP contribution in [-0.4, -0.2) is 29.8 Å². The number of tetrazole rings is 1. The van der Waals surface area contributed by atoms with Gasteiger partial charge in [0.05, 0.1) is 18.1 Å². The van der Waals surface area contributed by atoms with E-state index in [9.17, 15) is 9.18 Å². The molecule has 0 aliphatic heterocycles. The van der Waals surface area contributed by atoms with Crippen LogP contribution in [0.4, 0.5) is 4.39 Å². The molecule has 31 heavy (non-hydrogen) atoms. The Morgan fingerprint density at radius 2 is 1.74 bits per heavy atom. The van der Waals surface area contributed by atoms with Gasteiger partial charge in [-0.1, -0.05) is 12.1 Å². The lowest BCUT2D eigenvalue weighted by Gasteiger charge is -2.16. The summed E-state index contributed by atoms with van der Waals surface area (Å²) in [6.45, 7) is 6.05. The standard InChI is InChI=1S/C22H21FN6O2/c1-13-6-5-7-19(29-22(30)28(4)26-27-29)18(13)12-31-20-9-14(2)17(8-15(20)3)21-24-10-16(23)11-25-21/h5-11H,12H2,1-4H3. The van der Waals surface area contributed by atoms with Crippen molar-refractivity contribution in [2.45, 2.75) is 27.4 Å². The van der Waals surface area contributed by atoms with E-state index in [-0.39, 0.29) is 12.3 Å². The summed E-state index contributed by atoms with van der Waals surface area (Å²) in [4.78, 5) is 20.5. The average Bonchev–Trinajstić information content (AvgIpc) is 3.08. The molecular weight excluding hydrogens is 399 g/mol. The van der Waals surface area contributed by atoms with Gasteiger partial charge < -0.3 is 4.74 Å². The summed E-state index contributed by atoms with van der Waals surface area (Å²) < 4.78 is 21.7. The summed E-state index contributed by atoms with van der Waals surface area (Å²) in [5.74, 6) is 0.676. The molecule has 0 aliphatic carbocycles. The minimum absolute atomic E-state index is 0.248. The maximum Gasteiger partial charge on any atom is 0.368 e. The predicted octanol–water partition coefficient (Wildman–Crippen LogP) is 3.07. The number of rotatable bonds is 5. The second-order valence-electron chi connectivity index (χ2n) is 7.32. The molecule has 2 aromatic carbocycles. The molecule has 0 unspecified atom stereocenters. The maximum absolute atomic E-state index is 13.1. The molecule has 158 valence electrons. The Bertz CT molecular complexity index is 1310. The predicted molar refractivity (Wildman–Crippen MR) is 113 cm³/mol. The van der Waals surface area contributed by atoms with Crippen LogP contribution < -0.4 is 10.4 Å². The van der Waals surface area contributed by atoms with Crippen molar-refractivity contribution in [3.05, 3.63) is 81.3 Å². The van der Waals surface area contributed by atoms with E-state index < -0.39 is 5.82 Å². The van der Waals surface area contributed by atoms with E-state index in [1.807, 2.05) is 51.1 Å². The van der Waals surface area contributed by atoms with E-state index >= 15 is 0 Å². The zero-order chi connectivity index (χ0) is 22.1. The molecule has 0 N–H and O–H groups in total. The fraction of sp³-hybridized carbons (Fsp3) is 0.227. The summed E-state index contributed by atoms with van der Waals surface area (Å²) in [6.07, 6.45) is 2.30. The summed E-state index contributed by atoms with van der Waals surface area (Å²) in [6, 6.07) is 9.46. The fourth-order valence-electron chi connectivity index (χ4n) is 3.33. The Morgan fingerprint density at radius 1 is 1.00 bits per heavy atom. The van der Waals surface area contributed by atoms with E-state index in [4.69, 9.17) is 4.74 Å². The van der Waals surface area contributed by atoms with Crippen LogP contribution in [0.25, 0.3) is 17.1 Å². The molecule has 0 saturated carbocycles.